The summed E-state index contributed by atoms with van der Waals surface area (Å²) in [5, 5.41) is 14.3. The lowest BCUT2D eigenvalue weighted by Crippen LogP contribution is -2.22. The van der Waals surface area contributed by atoms with Crippen molar-refractivity contribution in [1.82, 2.24) is 5.32 Å². The van der Waals surface area contributed by atoms with Crippen LogP contribution in [0.25, 0.3) is 0 Å². The second kappa shape index (κ2) is 7.84. The van der Waals surface area contributed by atoms with E-state index in [2.05, 4.69) is 15.4 Å². The van der Waals surface area contributed by atoms with Gasteiger partial charge in [-0.15, -0.1) is 0 Å². The molecule has 6 heteroatoms. The van der Waals surface area contributed by atoms with Crippen molar-refractivity contribution in [2.45, 2.75) is 20.8 Å². The fourth-order valence-corrected chi connectivity index (χ4v) is 2.02. The molecule has 1 rings (SSSR count). The van der Waals surface area contributed by atoms with Crippen LogP contribution in [0.2, 0.25) is 0 Å². The maximum Gasteiger partial charge on any atom is 0.325 e. The summed E-state index contributed by atoms with van der Waals surface area (Å²) in [5.74, 6) is -1.02. The van der Waals surface area contributed by atoms with Gasteiger partial charge in [0.2, 0.25) is 0 Å². The van der Waals surface area contributed by atoms with Crippen LogP contribution in [0.3, 0.4) is 0 Å². The van der Waals surface area contributed by atoms with E-state index in [0.29, 0.717) is 5.69 Å². The number of amides is 1. The van der Waals surface area contributed by atoms with Gasteiger partial charge in [0.15, 0.2) is 0 Å². The predicted molar refractivity (Wildman–Crippen MR) is 83.0 cm³/mol. The number of aryl methyl sites for hydroxylation is 3. The minimum atomic E-state index is -0.532. The fraction of sp³-hybridized carbons (Fsp3) is 0.312. The first-order valence-electron chi connectivity index (χ1n) is 6.68. The van der Waals surface area contributed by atoms with Crippen LogP contribution in [0, 0.1) is 32.1 Å². The van der Waals surface area contributed by atoms with Gasteiger partial charge in [0.25, 0.3) is 5.91 Å². The van der Waals surface area contributed by atoms with Gasteiger partial charge in [0.05, 0.1) is 7.11 Å². The third-order valence-electron chi connectivity index (χ3n) is 3.00. The number of nitriles is 1. The molecule has 0 fully saturated rings. The lowest BCUT2D eigenvalue weighted by Gasteiger charge is -2.12. The smallest absolute Gasteiger partial charge is 0.325 e. The molecule has 0 atom stereocenters. The number of hydrogen-bond donors (Lipinski definition) is 2. The van der Waals surface area contributed by atoms with Gasteiger partial charge in [0.1, 0.15) is 18.2 Å². The summed E-state index contributed by atoms with van der Waals surface area (Å²) in [7, 11) is 1.26. The zero-order chi connectivity index (χ0) is 16.7. The third-order valence-corrected chi connectivity index (χ3v) is 3.00. The molecule has 0 bridgehead atoms. The first kappa shape index (κ1) is 17.2. The number of nitrogens with zero attached hydrogens (tertiary/aromatic N) is 1. The Morgan fingerprint density at radius 3 is 2.36 bits per heavy atom. The van der Waals surface area contributed by atoms with Crippen LogP contribution >= 0.6 is 0 Å². The van der Waals surface area contributed by atoms with Crippen LogP contribution in [0.15, 0.2) is 23.9 Å². The van der Waals surface area contributed by atoms with E-state index in [1.807, 2.05) is 32.9 Å². The molecule has 0 saturated carbocycles. The zero-order valence-corrected chi connectivity index (χ0v) is 13.1. The molecule has 116 valence electrons. The van der Waals surface area contributed by atoms with E-state index in [1.165, 1.54) is 13.3 Å². The highest BCUT2D eigenvalue weighted by molar-refractivity contribution is 6.07. The first-order valence-corrected chi connectivity index (χ1v) is 6.68. The van der Waals surface area contributed by atoms with Gasteiger partial charge in [0, 0.05) is 11.9 Å². The number of methoxy groups -OCH3 is 1. The number of rotatable bonds is 5. The molecule has 0 aromatic heterocycles. The summed E-state index contributed by atoms with van der Waals surface area (Å²) in [5.41, 5.74) is 3.51. The van der Waals surface area contributed by atoms with Gasteiger partial charge in [-0.2, -0.15) is 5.26 Å². The molecule has 0 aliphatic rings. The van der Waals surface area contributed by atoms with Gasteiger partial charge in [-0.05, 0) is 31.9 Å². The SMILES string of the molecule is COC(=O)CN/C=C(/C#N)C(=O)Nc1c(C)cc(C)cc1C. The summed E-state index contributed by atoms with van der Waals surface area (Å²) in [6.07, 6.45) is 1.20. The monoisotopic (exact) mass is 301 g/mol. The van der Waals surface area contributed by atoms with E-state index in [4.69, 9.17) is 5.26 Å². The first-order chi connectivity index (χ1) is 10.4. The van der Waals surface area contributed by atoms with Gasteiger partial charge >= 0.3 is 5.97 Å². The Morgan fingerprint density at radius 2 is 1.86 bits per heavy atom. The van der Waals surface area contributed by atoms with E-state index in [1.54, 1.807) is 6.07 Å². The summed E-state index contributed by atoms with van der Waals surface area (Å²) in [6.45, 7) is 5.64. The van der Waals surface area contributed by atoms with Gasteiger partial charge < -0.3 is 15.4 Å². The summed E-state index contributed by atoms with van der Waals surface area (Å²) in [6, 6.07) is 5.70. The number of esters is 1. The predicted octanol–water partition coefficient (Wildman–Crippen LogP) is 1.72. The lowest BCUT2D eigenvalue weighted by atomic mass is 10.0. The average Bonchev–Trinajstić information content (AvgIpc) is 2.46. The molecule has 0 aliphatic carbocycles. The van der Waals surface area contributed by atoms with E-state index in [-0.39, 0.29) is 12.1 Å². The van der Waals surface area contributed by atoms with Crippen LogP contribution < -0.4 is 10.6 Å². The quantitative estimate of drug-likeness (QED) is 0.491. The van der Waals surface area contributed by atoms with Crippen LogP contribution in [-0.2, 0) is 14.3 Å². The highest BCUT2D eigenvalue weighted by Crippen LogP contribution is 2.22. The van der Waals surface area contributed by atoms with E-state index in [9.17, 15) is 9.59 Å². The van der Waals surface area contributed by atoms with Crippen molar-refractivity contribution in [2.75, 3.05) is 19.0 Å². The molecule has 6 nitrogen and oxygen atoms in total. The van der Waals surface area contributed by atoms with Crippen LogP contribution in [-0.4, -0.2) is 25.5 Å². The molecule has 1 amide bonds. The molecule has 0 heterocycles. The van der Waals surface area contributed by atoms with Crippen molar-refractivity contribution in [1.29, 1.82) is 5.26 Å². The fourth-order valence-electron chi connectivity index (χ4n) is 2.02. The molecule has 0 aliphatic heterocycles. The minimum absolute atomic E-state index is 0.114. The Balaban J connectivity index is 2.84. The number of carbonyl (C=O) groups excluding carboxylic acids is 2. The second-order valence-corrected chi connectivity index (χ2v) is 4.85. The molecule has 0 radical (unpaired) electrons. The lowest BCUT2D eigenvalue weighted by molar-refractivity contribution is -0.139. The third kappa shape index (κ3) is 4.63. The van der Waals surface area contributed by atoms with Gasteiger partial charge in [-0.25, -0.2) is 0 Å². The van der Waals surface area contributed by atoms with Crippen LogP contribution in [0.4, 0.5) is 5.69 Å². The average molecular weight is 301 g/mol. The van der Waals surface area contributed by atoms with Crippen molar-refractivity contribution in [2.24, 2.45) is 0 Å². The number of anilines is 1. The molecular formula is C16H19N3O3. The van der Waals surface area contributed by atoms with E-state index in [0.717, 1.165) is 16.7 Å². The Hall–Kier alpha value is -2.81. The number of nitrogens with one attached hydrogen (secondary N) is 2. The Labute approximate surface area is 129 Å². The summed E-state index contributed by atoms with van der Waals surface area (Å²) < 4.78 is 4.45. The Kier molecular flexibility index (Phi) is 6.14. The van der Waals surface area contributed by atoms with Crippen molar-refractivity contribution in [3.8, 4) is 6.07 Å². The van der Waals surface area contributed by atoms with Crippen molar-refractivity contribution in [3.05, 3.63) is 40.6 Å². The van der Waals surface area contributed by atoms with Crippen LogP contribution in [0.1, 0.15) is 16.7 Å². The molecular weight excluding hydrogens is 282 g/mol. The molecule has 0 saturated heterocycles. The standard InChI is InChI=1S/C16H19N3O3/c1-10-5-11(2)15(12(3)6-10)19-16(21)13(7-17)8-18-9-14(20)22-4/h5-6,8,18H,9H2,1-4H3,(H,19,21)/b13-8-. The number of carbonyl (C=O) groups is 2. The second-order valence-electron chi connectivity index (χ2n) is 4.85. The number of ether oxygens (including phenoxy) is 1. The van der Waals surface area contributed by atoms with Gasteiger partial charge in [-0.1, -0.05) is 17.7 Å². The highest BCUT2D eigenvalue weighted by Gasteiger charge is 2.12. The van der Waals surface area contributed by atoms with E-state index < -0.39 is 11.9 Å². The van der Waals surface area contributed by atoms with Crippen molar-refractivity contribution < 1.29 is 14.3 Å². The zero-order valence-electron chi connectivity index (χ0n) is 13.1. The molecule has 0 unspecified atom stereocenters. The van der Waals surface area contributed by atoms with Crippen molar-refractivity contribution >= 4 is 17.6 Å². The van der Waals surface area contributed by atoms with Gasteiger partial charge in [-0.3, -0.25) is 9.59 Å². The summed E-state index contributed by atoms with van der Waals surface area (Å²) in [4.78, 5) is 23.1. The summed E-state index contributed by atoms with van der Waals surface area (Å²) >= 11 is 0. The molecule has 0 spiro atoms. The number of hydrogen-bond acceptors (Lipinski definition) is 5. The Bertz CT molecular complexity index is 634. The maximum absolute atomic E-state index is 12.1. The van der Waals surface area contributed by atoms with Crippen LogP contribution in [0.5, 0.6) is 0 Å². The van der Waals surface area contributed by atoms with Crippen molar-refractivity contribution in [3.63, 3.8) is 0 Å². The minimum Gasteiger partial charge on any atom is -0.468 e. The number of benzene rings is 1. The molecule has 1 aromatic carbocycles. The molecule has 22 heavy (non-hydrogen) atoms. The Morgan fingerprint density at radius 1 is 1.27 bits per heavy atom. The highest BCUT2D eigenvalue weighted by atomic mass is 16.5. The topological polar surface area (TPSA) is 91.2 Å². The molecule has 1 aromatic rings. The maximum atomic E-state index is 12.1. The largest absolute Gasteiger partial charge is 0.468 e. The normalized spacial score (nSPS) is 10.6. The van der Waals surface area contributed by atoms with E-state index >= 15 is 0 Å². The molecule has 2 N–H and O–H groups in total.